The van der Waals surface area contributed by atoms with Gasteiger partial charge in [0.2, 0.25) is 0 Å². The van der Waals surface area contributed by atoms with E-state index in [1.807, 2.05) is 0 Å². The summed E-state index contributed by atoms with van der Waals surface area (Å²) in [6.07, 6.45) is 2.07. The molecule has 5 nitrogen and oxygen atoms in total. The van der Waals surface area contributed by atoms with E-state index in [1.165, 1.54) is 17.2 Å². The van der Waals surface area contributed by atoms with Crippen molar-refractivity contribution < 1.29 is 13.3 Å². The van der Waals surface area contributed by atoms with E-state index in [0.717, 1.165) is 68.9 Å². The Labute approximate surface area is 228 Å². The average molecular weight is 538 g/mol. The molecule has 7 heteroatoms. The van der Waals surface area contributed by atoms with Gasteiger partial charge >= 0.3 is 0 Å². The molecule has 2 aliphatic rings. The van der Waals surface area contributed by atoms with Crippen LogP contribution in [-0.2, 0) is 13.1 Å². The molecule has 0 spiro atoms. The monoisotopic (exact) mass is 537 g/mol. The normalized spacial score (nSPS) is 17.8. The van der Waals surface area contributed by atoms with Crippen molar-refractivity contribution >= 4 is 19.3 Å². The lowest BCUT2D eigenvalue weighted by Gasteiger charge is -2.42. The van der Waals surface area contributed by atoms with Crippen molar-refractivity contribution in [2.24, 2.45) is 0 Å². The van der Waals surface area contributed by atoms with E-state index in [0.29, 0.717) is 28.1 Å². The number of hydrogen-bond donors (Lipinski definition) is 0. The quantitative estimate of drug-likeness (QED) is 0.261. The largest absolute Gasteiger partial charge is 0.543 e. The lowest BCUT2D eigenvalue weighted by Crippen LogP contribution is -2.50. The maximum atomic E-state index is 13.8. The van der Waals surface area contributed by atoms with Crippen molar-refractivity contribution in [1.82, 2.24) is 15.0 Å². The van der Waals surface area contributed by atoms with Crippen LogP contribution in [0.5, 0.6) is 5.75 Å². The minimum absolute atomic E-state index is 0.231. The molecule has 206 valence electrons. The molecule has 0 unspecified atom stereocenters. The average Bonchev–Trinajstić information content (AvgIpc) is 3.48. The summed E-state index contributed by atoms with van der Waals surface area (Å²) in [6, 6.07) is 11.5. The van der Waals surface area contributed by atoms with Crippen molar-refractivity contribution in [3.05, 3.63) is 59.0 Å². The molecule has 1 aromatic heterocycles. The van der Waals surface area contributed by atoms with Crippen LogP contribution in [0.2, 0.25) is 16.6 Å². The smallest absolute Gasteiger partial charge is 0.258 e. The molecule has 3 heterocycles. The summed E-state index contributed by atoms with van der Waals surface area (Å²) in [4.78, 5) is 5.12. The van der Waals surface area contributed by atoms with E-state index in [9.17, 15) is 4.39 Å². The first kappa shape index (κ1) is 27.3. The Bertz CT molecular complexity index is 1230. The van der Waals surface area contributed by atoms with E-state index in [2.05, 4.69) is 74.7 Å². The Hall–Kier alpha value is -2.22. The fraction of sp³-hybridized carbons (Fsp3) is 0.581. The van der Waals surface area contributed by atoms with Crippen LogP contribution < -0.4 is 4.43 Å². The van der Waals surface area contributed by atoms with Gasteiger partial charge in [0, 0.05) is 37.5 Å². The highest BCUT2D eigenvalue weighted by molar-refractivity contribution is 6.78. The number of fused-ring (bicyclic) bond motifs is 2. The lowest BCUT2D eigenvalue weighted by atomic mass is 9.91. The first-order valence-electron chi connectivity index (χ1n) is 14.5. The van der Waals surface area contributed by atoms with E-state index < -0.39 is 8.32 Å². The lowest BCUT2D eigenvalue weighted by molar-refractivity contribution is 0.171. The van der Waals surface area contributed by atoms with E-state index in [1.54, 1.807) is 12.1 Å². The SMILES string of the molecule is CC(C)[Si](Oc1ccc2c(c1)CN(CCN1CCC(c3noc4ccc(F)cc34)CC1)C2)(C(C)C)C(C)C. The van der Waals surface area contributed by atoms with Crippen LogP contribution in [0.1, 0.15) is 77.1 Å². The molecule has 3 aromatic rings. The maximum absolute atomic E-state index is 13.8. The van der Waals surface area contributed by atoms with Gasteiger partial charge in [0.25, 0.3) is 8.32 Å². The van der Waals surface area contributed by atoms with E-state index in [-0.39, 0.29) is 5.82 Å². The molecule has 0 amide bonds. The molecular weight excluding hydrogens is 493 g/mol. The number of hydrogen-bond acceptors (Lipinski definition) is 5. The van der Waals surface area contributed by atoms with Gasteiger partial charge in [-0.3, -0.25) is 4.90 Å². The van der Waals surface area contributed by atoms with Gasteiger partial charge < -0.3 is 13.8 Å². The molecule has 2 aliphatic heterocycles. The molecule has 0 aliphatic carbocycles. The zero-order valence-corrected chi connectivity index (χ0v) is 25.0. The zero-order chi connectivity index (χ0) is 27.0. The minimum Gasteiger partial charge on any atom is -0.543 e. The van der Waals surface area contributed by atoms with Crippen LogP contribution in [0.4, 0.5) is 4.39 Å². The molecule has 1 saturated heterocycles. The Morgan fingerprint density at radius 2 is 1.55 bits per heavy atom. The van der Waals surface area contributed by atoms with Gasteiger partial charge in [0.1, 0.15) is 11.6 Å². The molecule has 0 bridgehead atoms. The summed E-state index contributed by atoms with van der Waals surface area (Å²) in [5.41, 5.74) is 6.17. The number of benzene rings is 2. The van der Waals surface area contributed by atoms with Crippen LogP contribution in [0.25, 0.3) is 11.0 Å². The Morgan fingerprint density at radius 1 is 0.895 bits per heavy atom. The van der Waals surface area contributed by atoms with Gasteiger partial charge in [0.05, 0.1) is 5.69 Å². The second kappa shape index (κ2) is 11.1. The van der Waals surface area contributed by atoms with Crippen LogP contribution in [0.3, 0.4) is 0 Å². The standard InChI is InChI=1S/C31H44FN3O2Si/c1-21(2)38(22(3)4,23(5)6)37-28-9-7-25-19-35(20-26(25)17-28)16-15-34-13-11-24(12-14-34)31-29-18-27(32)8-10-30(29)36-33-31/h7-10,17-18,21-24H,11-16,19-20H2,1-6H3. The summed E-state index contributed by atoms with van der Waals surface area (Å²) in [7, 11) is -1.95. The number of likely N-dealkylation sites (tertiary alicyclic amines) is 1. The van der Waals surface area contributed by atoms with Gasteiger partial charge in [-0.1, -0.05) is 52.8 Å². The third-order valence-electron chi connectivity index (χ3n) is 9.13. The predicted molar refractivity (Wildman–Crippen MR) is 155 cm³/mol. The summed E-state index contributed by atoms with van der Waals surface area (Å²) >= 11 is 0. The first-order chi connectivity index (χ1) is 18.2. The minimum atomic E-state index is -1.95. The van der Waals surface area contributed by atoms with Gasteiger partial charge in [0.15, 0.2) is 5.58 Å². The Balaban J connectivity index is 1.15. The molecule has 0 N–H and O–H groups in total. The third kappa shape index (κ3) is 5.30. The molecule has 0 radical (unpaired) electrons. The molecule has 2 aromatic carbocycles. The molecule has 5 rings (SSSR count). The Kier molecular flexibility index (Phi) is 7.99. The topological polar surface area (TPSA) is 41.7 Å². The summed E-state index contributed by atoms with van der Waals surface area (Å²) in [6.45, 7) is 20.3. The fourth-order valence-corrected chi connectivity index (χ4v) is 12.4. The highest BCUT2D eigenvalue weighted by Crippen LogP contribution is 2.43. The van der Waals surface area contributed by atoms with Crippen LogP contribution >= 0.6 is 0 Å². The van der Waals surface area contributed by atoms with Crippen LogP contribution in [0.15, 0.2) is 40.9 Å². The third-order valence-corrected chi connectivity index (χ3v) is 15.1. The Morgan fingerprint density at radius 3 is 2.24 bits per heavy atom. The first-order valence-corrected chi connectivity index (χ1v) is 16.6. The highest BCUT2D eigenvalue weighted by Gasteiger charge is 2.47. The van der Waals surface area contributed by atoms with Crippen molar-refractivity contribution in [2.75, 3.05) is 26.2 Å². The number of halogens is 1. The van der Waals surface area contributed by atoms with Gasteiger partial charge in [-0.15, -0.1) is 0 Å². The summed E-state index contributed by atoms with van der Waals surface area (Å²) < 4.78 is 26.2. The second-order valence-electron chi connectivity index (χ2n) is 12.4. The number of piperidine rings is 1. The van der Waals surface area contributed by atoms with E-state index >= 15 is 0 Å². The second-order valence-corrected chi connectivity index (χ2v) is 17.8. The fourth-order valence-electron chi connectivity index (χ4n) is 7.16. The summed E-state index contributed by atoms with van der Waals surface area (Å²) in [5, 5.41) is 5.13. The number of nitrogens with zero attached hydrogens (tertiary/aromatic N) is 3. The van der Waals surface area contributed by atoms with Crippen molar-refractivity contribution in [1.29, 1.82) is 0 Å². The van der Waals surface area contributed by atoms with Gasteiger partial charge in [-0.25, -0.2) is 4.39 Å². The molecule has 1 fully saturated rings. The molecule has 38 heavy (non-hydrogen) atoms. The van der Waals surface area contributed by atoms with Crippen LogP contribution in [0, 0.1) is 5.82 Å². The molecule has 0 saturated carbocycles. The van der Waals surface area contributed by atoms with E-state index in [4.69, 9.17) is 8.95 Å². The number of aromatic nitrogens is 1. The predicted octanol–water partition coefficient (Wildman–Crippen LogP) is 7.72. The zero-order valence-electron chi connectivity index (χ0n) is 24.0. The molecular formula is C31H44FN3O2Si. The van der Waals surface area contributed by atoms with Crippen molar-refractivity contribution in [2.45, 2.75) is 90.0 Å². The van der Waals surface area contributed by atoms with Crippen LogP contribution in [-0.4, -0.2) is 49.5 Å². The number of rotatable bonds is 9. The van der Waals surface area contributed by atoms with Crippen molar-refractivity contribution in [3.63, 3.8) is 0 Å². The maximum Gasteiger partial charge on any atom is 0.258 e. The van der Waals surface area contributed by atoms with Gasteiger partial charge in [-0.05, 0) is 84.0 Å². The van der Waals surface area contributed by atoms with Crippen molar-refractivity contribution in [3.8, 4) is 5.75 Å². The molecule has 0 atom stereocenters. The highest BCUT2D eigenvalue weighted by atomic mass is 28.4. The summed E-state index contributed by atoms with van der Waals surface area (Å²) in [5.74, 6) is 1.17. The van der Waals surface area contributed by atoms with Gasteiger partial charge in [-0.2, -0.15) is 0 Å².